The molecule has 0 aromatic heterocycles. The van der Waals surface area contributed by atoms with E-state index in [1.54, 1.807) is 25.3 Å². The van der Waals surface area contributed by atoms with Crippen molar-refractivity contribution in [2.75, 3.05) is 19.0 Å². The molecule has 0 atom stereocenters. The van der Waals surface area contributed by atoms with E-state index in [0.29, 0.717) is 23.7 Å². The molecule has 0 aliphatic heterocycles. The highest BCUT2D eigenvalue weighted by Crippen LogP contribution is 2.23. The van der Waals surface area contributed by atoms with Crippen LogP contribution in [0.4, 0.5) is 0 Å². The molecule has 86 valence electrons. The van der Waals surface area contributed by atoms with Gasteiger partial charge in [0, 0.05) is 11.4 Å². The number of aldehydes is 1. The van der Waals surface area contributed by atoms with Gasteiger partial charge in [0.2, 0.25) is 0 Å². The Bertz CT molecular complexity index is 375. The summed E-state index contributed by atoms with van der Waals surface area (Å²) in [6, 6.07) is 5.10. The predicted octanol–water partition coefficient (Wildman–Crippen LogP) is 2.84. The third-order valence-corrected chi connectivity index (χ3v) is 2.31. The molecule has 0 aliphatic rings. The lowest BCUT2D eigenvalue weighted by Gasteiger charge is -2.08. The Morgan fingerprint density at radius 1 is 1.38 bits per heavy atom. The Hall–Kier alpha value is -1.29. The van der Waals surface area contributed by atoms with Crippen molar-refractivity contribution in [3.05, 3.63) is 35.9 Å². The number of carbonyl (C=O) groups is 1. The van der Waals surface area contributed by atoms with Crippen molar-refractivity contribution in [2.45, 2.75) is 0 Å². The molecule has 0 saturated carbocycles. The normalized spacial score (nSPS) is 10.4. The minimum Gasteiger partial charge on any atom is -0.497 e. The van der Waals surface area contributed by atoms with Crippen molar-refractivity contribution in [2.24, 2.45) is 0 Å². The van der Waals surface area contributed by atoms with Crippen LogP contribution in [0.3, 0.4) is 0 Å². The average molecular weight is 285 g/mol. The van der Waals surface area contributed by atoms with Gasteiger partial charge >= 0.3 is 0 Å². The van der Waals surface area contributed by atoms with Crippen molar-refractivity contribution in [3.8, 4) is 11.5 Å². The highest BCUT2D eigenvalue weighted by molar-refractivity contribution is 9.09. The Morgan fingerprint density at radius 2 is 2.19 bits per heavy atom. The third kappa shape index (κ3) is 3.70. The van der Waals surface area contributed by atoms with Crippen LogP contribution in [0, 0.1) is 0 Å². The van der Waals surface area contributed by atoms with Gasteiger partial charge in [-0.25, -0.2) is 0 Å². The van der Waals surface area contributed by atoms with Gasteiger partial charge in [-0.05, 0) is 12.1 Å². The van der Waals surface area contributed by atoms with E-state index in [9.17, 15) is 4.79 Å². The van der Waals surface area contributed by atoms with Gasteiger partial charge in [0.25, 0.3) is 0 Å². The van der Waals surface area contributed by atoms with Crippen LogP contribution in [0.2, 0.25) is 0 Å². The second-order valence-corrected chi connectivity index (χ2v) is 3.61. The molecule has 0 radical (unpaired) electrons. The Labute approximate surface area is 103 Å². The number of allylic oxidation sites excluding steroid dienone is 1. The summed E-state index contributed by atoms with van der Waals surface area (Å²) < 4.78 is 10.5. The SMILES string of the molecule is COc1ccc(C=O)c(OC/C=C/CBr)c1. The number of carbonyl (C=O) groups excluding carboxylic acids is 1. The molecule has 0 aliphatic carbocycles. The van der Waals surface area contributed by atoms with E-state index in [-0.39, 0.29) is 0 Å². The zero-order valence-corrected chi connectivity index (χ0v) is 10.6. The second kappa shape index (κ2) is 7.06. The Kier molecular flexibility index (Phi) is 5.64. The van der Waals surface area contributed by atoms with Crippen molar-refractivity contribution in [3.63, 3.8) is 0 Å². The maximum Gasteiger partial charge on any atom is 0.153 e. The van der Waals surface area contributed by atoms with Gasteiger partial charge in [0.05, 0.1) is 12.7 Å². The molecule has 0 heterocycles. The summed E-state index contributed by atoms with van der Waals surface area (Å²) >= 11 is 3.27. The first-order valence-corrected chi connectivity index (χ1v) is 5.91. The molecule has 0 N–H and O–H groups in total. The number of hydrogen-bond acceptors (Lipinski definition) is 3. The first-order chi connectivity index (χ1) is 7.81. The van der Waals surface area contributed by atoms with Crippen LogP contribution in [0.25, 0.3) is 0 Å². The first-order valence-electron chi connectivity index (χ1n) is 4.78. The summed E-state index contributed by atoms with van der Waals surface area (Å²) in [5, 5.41) is 0.787. The maximum atomic E-state index is 10.8. The summed E-state index contributed by atoms with van der Waals surface area (Å²) in [6.07, 6.45) is 4.58. The van der Waals surface area contributed by atoms with E-state index in [2.05, 4.69) is 15.9 Å². The number of halogens is 1. The van der Waals surface area contributed by atoms with Gasteiger partial charge in [-0.2, -0.15) is 0 Å². The standard InChI is InChI=1S/C12H13BrO3/c1-15-11-5-4-10(9-14)12(8-11)16-7-3-2-6-13/h2-5,8-9H,6-7H2,1H3/b3-2+. The molecule has 0 spiro atoms. The fourth-order valence-electron chi connectivity index (χ4n) is 1.13. The van der Waals surface area contributed by atoms with Gasteiger partial charge in [-0.1, -0.05) is 28.1 Å². The van der Waals surface area contributed by atoms with E-state index < -0.39 is 0 Å². The molecule has 1 aromatic carbocycles. The van der Waals surface area contributed by atoms with Crippen molar-refractivity contribution < 1.29 is 14.3 Å². The summed E-state index contributed by atoms with van der Waals surface area (Å²) in [7, 11) is 1.57. The summed E-state index contributed by atoms with van der Waals surface area (Å²) in [5.74, 6) is 1.21. The van der Waals surface area contributed by atoms with Crippen LogP contribution in [0.5, 0.6) is 11.5 Å². The molecule has 0 unspecified atom stereocenters. The molecular weight excluding hydrogens is 272 g/mol. The minimum absolute atomic E-state index is 0.430. The topological polar surface area (TPSA) is 35.5 Å². The molecule has 0 bridgehead atoms. The first kappa shape index (κ1) is 12.8. The number of benzene rings is 1. The molecular formula is C12H13BrO3. The minimum atomic E-state index is 0.430. The maximum absolute atomic E-state index is 10.8. The van der Waals surface area contributed by atoms with Crippen LogP contribution in [0.1, 0.15) is 10.4 Å². The summed E-state index contributed by atoms with van der Waals surface area (Å²) in [5.41, 5.74) is 0.521. The van der Waals surface area contributed by atoms with Gasteiger partial charge in [-0.15, -0.1) is 0 Å². The number of methoxy groups -OCH3 is 1. The lowest BCUT2D eigenvalue weighted by molar-refractivity contribution is 0.112. The Morgan fingerprint density at radius 3 is 2.81 bits per heavy atom. The zero-order valence-electron chi connectivity index (χ0n) is 8.98. The molecule has 1 rings (SSSR count). The van der Waals surface area contributed by atoms with Crippen LogP contribution >= 0.6 is 15.9 Å². The Balaban J connectivity index is 2.75. The number of ether oxygens (including phenoxy) is 2. The van der Waals surface area contributed by atoms with Gasteiger partial charge in [0.15, 0.2) is 6.29 Å². The van der Waals surface area contributed by atoms with E-state index in [1.807, 2.05) is 12.2 Å². The van der Waals surface area contributed by atoms with Crippen LogP contribution in [-0.2, 0) is 0 Å². The predicted molar refractivity (Wildman–Crippen MR) is 66.8 cm³/mol. The monoisotopic (exact) mass is 284 g/mol. The van der Waals surface area contributed by atoms with E-state index in [4.69, 9.17) is 9.47 Å². The fourth-order valence-corrected chi connectivity index (χ4v) is 1.40. The highest BCUT2D eigenvalue weighted by atomic mass is 79.9. The highest BCUT2D eigenvalue weighted by Gasteiger charge is 2.03. The van der Waals surface area contributed by atoms with Crippen LogP contribution in [-0.4, -0.2) is 25.3 Å². The molecule has 16 heavy (non-hydrogen) atoms. The largest absolute Gasteiger partial charge is 0.497 e. The summed E-state index contributed by atoms with van der Waals surface area (Å²) in [6.45, 7) is 0.430. The van der Waals surface area contributed by atoms with E-state index >= 15 is 0 Å². The van der Waals surface area contributed by atoms with E-state index in [1.165, 1.54) is 0 Å². The third-order valence-electron chi connectivity index (χ3n) is 1.94. The smallest absolute Gasteiger partial charge is 0.153 e. The fraction of sp³-hybridized carbons (Fsp3) is 0.250. The molecule has 4 heteroatoms. The van der Waals surface area contributed by atoms with Gasteiger partial charge in [-0.3, -0.25) is 4.79 Å². The van der Waals surface area contributed by atoms with E-state index in [0.717, 1.165) is 11.6 Å². The van der Waals surface area contributed by atoms with Crippen molar-refractivity contribution in [1.29, 1.82) is 0 Å². The molecule has 0 amide bonds. The van der Waals surface area contributed by atoms with Crippen molar-refractivity contribution >= 4 is 22.2 Å². The van der Waals surface area contributed by atoms with Gasteiger partial charge in [0.1, 0.15) is 18.1 Å². The lowest BCUT2D eigenvalue weighted by Crippen LogP contribution is -1.98. The van der Waals surface area contributed by atoms with Crippen LogP contribution in [0.15, 0.2) is 30.4 Å². The average Bonchev–Trinajstić information content (AvgIpc) is 2.34. The van der Waals surface area contributed by atoms with Crippen molar-refractivity contribution in [1.82, 2.24) is 0 Å². The lowest BCUT2D eigenvalue weighted by atomic mass is 10.2. The quantitative estimate of drug-likeness (QED) is 0.458. The van der Waals surface area contributed by atoms with Gasteiger partial charge < -0.3 is 9.47 Å². The molecule has 0 fully saturated rings. The number of rotatable bonds is 6. The molecule has 1 aromatic rings. The zero-order chi connectivity index (χ0) is 11.8. The van der Waals surface area contributed by atoms with Crippen LogP contribution < -0.4 is 9.47 Å². The molecule has 3 nitrogen and oxygen atoms in total. The molecule has 0 saturated heterocycles. The summed E-state index contributed by atoms with van der Waals surface area (Å²) in [4.78, 5) is 10.8. The number of hydrogen-bond donors (Lipinski definition) is 0. The second-order valence-electron chi connectivity index (χ2n) is 2.96. The number of alkyl halides is 1.